The fraction of sp³-hybridized carbons (Fsp3) is 0. The van der Waals surface area contributed by atoms with Crippen LogP contribution in [0.2, 0.25) is 10.0 Å². The van der Waals surface area contributed by atoms with E-state index in [4.69, 9.17) is 28.0 Å². The minimum atomic E-state index is 0.250. The predicted octanol–water partition coefficient (Wildman–Crippen LogP) is 1.49. The summed E-state index contributed by atoms with van der Waals surface area (Å²) in [6.45, 7) is 0. The van der Waals surface area contributed by atoms with Gasteiger partial charge >= 0.3 is 0 Å². The Morgan fingerprint density at radius 1 is 1.45 bits per heavy atom. The summed E-state index contributed by atoms with van der Waals surface area (Å²) < 4.78 is 0. The van der Waals surface area contributed by atoms with Crippen molar-refractivity contribution in [2.75, 3.05) is 0 Å². The molecule has 0 aliphatic heterocycles. The third-order valence-electron chi connectivity index (χ3n) is 0.723. The van der Waals surface area contributed by atoms with Crippen molar-refractivity contribution in [3.63, 3.8) is 0 Å². The Morgan fingerprint density at radius 3 is 2.27 bits per heavy atom. The summed E-state index contributed by atoms with van der Waals surface area (Å²) in [5, 5.41) is 1.04. The standard InChI is InChI=1S/C5H3Cl2N.CH3NO/c6-4-1-2-8-3-5(4)7;2-1-3/h1-3H;1H,(H2,2,3). The summed E-state index contributed by atoms with van der Waals surface area (Å²) in [4.78, 5) is 12.3. The number of nitrogens with two attached hydrogens (primary N) is 1. The van der Waals surface area contributed by atoms with Gasteiger partial charge in [-0.25, -0.2) is 0 Å². The molecule has 0 spiro atoms. The number of amides is 1. The first-order chi connectivity index (χ1) is 5.22. The predicted molar refractivity (Wildman–Crippen MR) is 44.5 cm³/mol. The lowest BCUT2D eigenvalue weighted by Gasteiger charge is -1.87. The van der Waals surface area contributed by atoms with Crippen molar-refractivity contribution in [2.45, 2.75) is 0 Å². The molecule has 0 radical (unpaired) electrons. The molecule has 1 heterocycles. The number of aromatic nitrogens is 1. The molecule has 60 valence electrons. The SMILES string of the molecule is Clc1ccncc1Cl.NC=O. The maximum absolute atomic E-state index is 8.58. The third kappa shape index (κ3) is 4.58. The summed E-state index contributed by atoms with van der Waals surface area (Å²) in [6, 6.07) is 1.64. The van der Waals surface area contributed by atoms with Crippen LogP contribution in [0.3, 0.4) is 0 Å². The lowest BCUT2D eigenvalue weighted by atomic mass is 10.5. The first-order valence-electron chi connectivity index (χ1n) is 2.62. The van der Waals surface area contributed by atoms with Crippen LogP contribution < -0.4 is 5.73 Å². The lowest BCUT2D eigenvalue weighted by molar-refractivity contribution is -0.106. The average molecular weight is 193 g/mol. The number of halogens is 2. The number of hydrogen-bond donors (Lipinski definition) is 1. The number of carbonyl (C=O) groups excluding carboxylic acids is 1. The van der Waals surface area contributed by atoms with Crippen molar-refractivity contribution < 1.29 is 4.79 Å². The summed E-state index contributed by atoms with van der Waals surface area (Å²) in [6.07, 6.45) is 3.35. The lowest BCUT2D eigenvalue weighted by Crippen LogP contribution is -1.82. The highest BCUT2D eigenvalue weighted by molar-refractivity contribution is 6.41. The molecule has 1 amide bonds. The van der Waals surface area contributed by atoms with Gasteiger partial charge in [-0.05, 0) is 6.07 Å². The number of pyridine rings is 1. The fourth-order valence-electron chi connectivity index (χ4n) is 0.358. The van der Waals surface area contributed by atoms with E-state index < -0.39 is 0 Å². The quantitative estimate of drug-likeness (QED) is 0.634. The van der Waals surface area contributed by atoms with E-state index in [1.54, 1.807) is 12.3 Å². The van der Waals surface area contributed by atoms with Crippen LogP contribution in [0.15, 0.2) is 18.5 Å². The summed E-state index contributed by atoms with van der Waals surface area (Å²) in [5.74, 6) is 0. The number of nitrogens with zero attached hydrogens (tertiary/aromatic N) is 1. The minimum Gasteiger partial charge on any atom is -0.372 e. The van der Waals surface area contributed by atoms with Crippen LogP contribution in [0, 0.1) is 0 Å². The van der Waals surface area contributed by atoms with Crippen molar-refractivity contribution in [2.24, 2.45) is 5.73 Å². The van der Waals surface area contributed by atoms with Crippen LogP contribution in [-0.2, 0) is 4.79 Å². The van der Waals surface area contributed by atoms with Crippen molar-refractivity contribution in [1.82, 2.24) is 4.98 Å². The van der Waals surface area contributed by atoms with Gasteiger partial charge in [-0.3, -0.25) is 9.78 Å². The van der Waals surface area contributed by atoms with E-state index in [1.165, 1.54) is 6.20 Å². The molecule has 3 nitrogen and oxygen atoms in total. The zero-order valence-electron chi connectivity index (χ0n) is 5.50. The molecular weight excluding hydrogens is 187 g/mol. The maximum atomic E-state index is 8.58. The van der Waals surface area contributed by atoms with E-state index in [9.17, 15) is 0 Å². The van der Waals surface area contributed by atoms with Crippen molar-refractivity contribution in [3.8, 4) is 0 Å². The van der Waals surface area contributed by atoms with Gasteiger partial charge in [-0.1, -0.05) is 23.2 Å². The van der Waals surface area contributed by atoms with Crippen molar-refractivity contribution in [3.05, 3.63) is 28.5 Å². The molecule has 0 aliphatic rings. The Morgan fingerprint density at radius 2 is 2.00 bits per heavy atom. The Hall–Kier alpha value is -0.800. The highest BCUT2D eigenvalue weighted by Gasteiger charge is 1.90. The van der Waals surface area contributed by atoms with Gasteiger partial charge in [0.05, 0.1) is 10.0 Å². The second-order valence-corrected chi connectivity index (χ2v) is 2.24. The molecule has 1 aromatic rings. The topological polar surface area (TPSA) is 56.0 Å². The molecule has 0 saturated heterocycles. The Kier molecular flexibility index (Phi) is 5.51. The largest absolute Gasteiger partial charge is 0.372 e. The first-order valence-corrected chi connectivity index (χ1v) is 3.38. The molecule has 0 bridgehead atoms. The van der Waals surface area contributed by atoms with E-state index in [0.717, 1.165) is 0 Å². The molecular formula is C6H6Cl2N2O. The van der Waals surface area contributed by atoms with Crippen LogP contribution in [0.1, 0.15) is 0 Å². The van der Waals surface area contributed by atoms with Crippen LogP contribution >= 0.6 is 23.2 Å². The molecule has 1 aromatic heterocycles. The van der Waals surface area contributed by atoms with E-state index in [1.807, 2.05) is 0 Å². The van der Waals surface area contributed by atoms with Gasteiger partial charge < -0.3 is 5.73 Å². The normalized spacial score (nSPS) is 7.82. The van der Waals surface area contributed by atoms with E-state index in [-0.39, 0.29) is 6.41 Å². The molecule has 5 heteroatoms. The van der Waals surface area contributed by atoms with E-state index in [2.05, 4.69) is 10.7 Å². The smallest absolute Gasteiger partial charge is 0.204 e. The summed E-state index contributed by atoms with van der Waals surface area (Å²) >= 11 is 11.1. The van der Waals surface area contributed by atoms with Crippen LogP contribution in [0.25, 0.3) is 0 Å². The van der Waals surface area contributed by atoms with Crippen molar-refractivity contribution >= 4 is 29.6 Å². The Labute approximate surface area is 74.1 Å². The second-order valence-electron chi connectivity index (χ2n) is 1.43. The van der Waals surface area contributed by atoms with Gasteiger partial charge in [0.1, 0.15) is 0 Å². The molecule has 0 aliphatic carbocycles. The highest BCUT2D eigenvalue weighted by Crippen LogP contribution is 2.17. The molecule has 0 atom stereocenters. The van der Waals surface area contributed by atoms with Crippen LogP contribution in [0.5, 0.6) is 0 Å². The molecule has 0 aromatic carbocycles. The fourth-order valence-corrected chi connectivity index (χ4v) is 0.583. The van der Waals surface area contributed by atoms with Gasteiger partial charge in [-0.2, -0.15) is 0 Å². The van der Waals surface area contributed by atoms with E-state index in [0.29, 0.717) is 10.0 Å². The van der Waals surface area contributed by atoms with Gasteiger partial charge in [0.2, 0.25) is 6.41 Å². The van der Waals surface area contributed by atoms with Crippen molar-refractivity contribution in [1.29, 1.82) is 0 Å². The monoisotopic (exact) mass is 192 g/mol. The number of carbonyl (C=O) groups is 1. The van der Waals surface area contributed by atoms with Crippen LogP contribution in [0.4, 0.5) is 0 Å². The average Bonchev–Trinajstić information content (AvgIpc) is 1.97. The Bertz CT molecular complexity index is 209. The van der Waals surface area contributed by atoms with Gasteiger partial charge in [0, 0.05) is 12.4 Å². The highest BCUT2D eigenvalue weighted by atomic mass is 35.5. The molecule has 2 N–H and O–H groups in total. The van der Waals surface area contributed by atoms with Gasteiger partial charge in [0.25, 0.3) is 0 Å². The van der Waals surface area contributed by atoms with Gasteiger partial charge in [0.15, 0.2) is 0 Å². The summed E-state index contributed by atoms with van der Waals surface area (Å²) in [5.41, 5.74) is 4.17. The molecule has 0 fully saturated rings. The third-order valence-corrected chi connectivity index (χ3v) is 1.45. The number of hydrogen-bond acceptors (Lipinski definition) is 2. The minimum absolute atomic E-state index is 0.250. The molecule has 0 unspecified atom stereocenters. The number of primary amides is 1. The van der Waals surface area contributed by atoms with Crippen LogP contribution in [-0.4, -0.2) is 11.4 Å². The maximum Gasteiger partial charge on any atom is 0.204 e. The number of rotatable bonds is 0. The molecule has 11 heavy (non-hydrogen) atoms. The van der Waals surface area contributed by atoms with Gasteiger partial charge in [-0.15, -0.1) is 0 Å². The van der Waals surface area contributed by atoms with E-state index >= 15 is 0 Å². The first kappa shape index (κ1) is 10.2. The zero-order valence-corrected chi connectivity index (χ0v) is 7.01. The summed E-state index contributed by atoms with van der Waals surface area (Å²) in [7, 11) is 0. The zero-order chi connectivity index (χ0) is 8.69. The molecule has 0 saturated carbocycles. The second kappa shape index (κ2) is 5.95. The molecule has 1 rings (SSSR count). The Balaban J connectivity index is 0.000000292.